The van der Waals surface area contributed by atoms with Crippen LogP contribution in [0.3, 0.4) is 0 Å². The first kappa shape index (κ1) is 15.4. The van der Waals surface area contributed by atoms with Crippen molar-refractivity contribution in [2.45, 2.75) is 70.5 Å². The summed E-state index contributed by atoms with van der Waals surface area (Å²) in [6.45, 7) is 4.10. The third-order valence-corrected chi connectivity index (χ3v) is 4.74. The molecule has 1 unspecified atom stereocenters. The largest absolute Gasteiger partial charge is 0.392 e. The Balaban J connectivity index is 2.04. The van der Waals surface area contributed by atoms with Crippen LogP contribution in [0.15, 0.2) is 4.52 Å². The number of methoxy groups -OCH3 is 1. The molecule has 5 heteroatoms. The van der Waals surface area contributed by atoms with Crippen LogP contribution in [0.4, 0.5) is 0 Å². The van der Waals surface area contributed by atoms with Gasteiger partial charge in [0.15, 0.2) is 0 Å². The van der Waals surface area contributed by atoms with E-state index in [9.17, 15) is 5.11 Å². The van der Waals surface area contributed by atoms with Crippen LogP contribution in [0, 0.1) is 5.92 Å². The molecule has 0 amide bonds. The van der Waals surface area contributed by atoms with Gasteiger partial charge in [-0.05, 0) is 31.6 Å². The standard InChI is InChI=1S/C15H26N2O3/c1-4-15(5-2,19-3)14-16-13(20-17-14)10-12(18)11-8-6-7-9-11/h11-12,18H,4-10H2,1-3H3. The molecule has 5 nitrogen and oxygen atoms in total. The molecule has 0 aliphatic heterocycles. The van der Waals surface area contributed by atoms with E-state index < -0.39 is 5.60 Å². The molecule has 1 fully saturated rings. The van der Waals surface area contributed by atoms with E-state index in [0.717, 1.165) is 25.7 Å². The molecule has 0 saturated heterocycles. The molecule has 1 heterocycles. The topological polar surface area (TPSA) is 68.4 Å². The molecule has 20 heavy (non-hydrogen) atoms. The summed E-state index contributed by atoms with van der Waals surface area (Å²) in [6, 6.07) is 0. The highest BCUT2D eigenvalue weighted by Crippen LogP contribution is 2.31. The molecule has 1 aliphatic rings. The Hall–Kier alpha value is -0.940. The van der Waals surface area contributed by atoms with Crippen molar-refractivity contribution >= 4 is 0 Å². The summed E-state index contributed by atoms with van der Waals surface area (Å²) < 4.78 is 10.9. The summed E-state index contributed by atoms with van der Waals surface area (Å²) in [5.74, 6) is 1.50. The summed E-state index contributed by atoms with van der Waals surface area (Å²) >= 11 is 0. The van der Waals surface area contributed by atoms with Crippen LogP contribution in [0.1, 0.15) is 64.1 Å². The van der Waals surface area contributed by atoms with Crippen molar-refractivity contribution in [1.29, 1.82) is 0 Å². The zero-order valence-electron chi connectivity index (χ0n) is 12.8. The first-order valence-corrected chi connectivity index (χ1v) is 7.71. The van der Waals surface area contributed by atoms with Gasteiger partial charge in [0, 0.05) is 7.11 Å². The van der Waals surface area contributed by atoms with Gasteiger partial charge >= 0.3 is 0 Å². The van der Waals surface area contributed by atoms with Crippen LogP contribution in [0.5, 0.6) is 0 Å². The van der Waals surface area contributed by atoms with Gasteiger partial charge in [-0.3, -0.25) is 0 Å². The minimum absolute atomic E-state index is 0.369. The fourth-order valence-corrected chi connectivity index (χ4v) is 3.16. The zero-order chi connectivity index (χ0) is 14.6. The molecule has 0 bridgehead atoms. The van der Waals surface area contributed by atoms with Gasteiger partial charge in [0.05, 0.1) is 12.5 Å². The predicted molar refractivity (Wildman–Crippen MR) is 75.2 cm³/mol. The Kier molecular flexibility index (Phi) is 5.16. The minimum atomic E-state index is -0.472. The average Bonchev–Trinajstić information content (AvgIpc) is 3.13. The summed E-state index contributed by atoms with van der Waals surface area (Å²) in [4.78, 5) is 4.44. The molecular weight excluding hydrogens is 256 g/mol. The Morgan fingerprint density at radius 1 is 1.35 bits per heavy atom. The lowest BCUT2D eigenvalue weighted by Gasteiger charge is -2.25. The predicted octanol–water partition coefficient (Wildman–Crippen LogP) is 2.82. The lowest BCUT2D eigenvalue weighted by atomic mass is 9.96. The Morgan fingerprint density at radius 2 is 2.00 bits per heavy atom. The fourth-order valence-electron chi connectivity index (χ4n) is 3.16. The molecule has 1 N–H and O–H groups in total. The molecule has 0 aromatic carbocycles. The second-order valence-electron chi connectivity index (χ2n) is 5.73. The van der Waals surface area contributed by atoms with Crippen molar-refractivity contribution in [3.63, 3.8) is 0 Å². The third-order valence-electron chi connectivity index (χ3n) is 4.74. The first-order valence-electron chi connectivity index (χ1n) is 7.71. The molecule has 2 rings (SSSR count). The van der Waals surface area contributed by atoms with Crippen molar-refractivity contribution in [2.75, 3.05) is 7.11 Å². The lowest BCUT2D eigenvalue weighted by Crippen LogP contribution is -2.28. The SMILES string of the molecule is CCC(CC)(OC)c1noc(CC(O)C2CCCC2)n1. The monoisotopic (exact) mass is 282 g/mol. The molecule has 1 atom stereocenters. The van der Waals surface area contributed by atoms with Gasteiger partial charge in [-0.1, -0.05) is 31.8 Å². The summed E-state index contributed by atoms with van der Waals surface area (Å²) in [5, 5.41) is 14.3. The summed E-state index contributed by atoms with van der Waals surface area (Å²) in [5.41, 5.74) is -0.472. The summed E-state index contributed by atoms with van der Waals surface area (Å²) in [7, 11) is 1.68. The quantitative estimate of drug-likeness (QED) is 0.833. The Morgan fingerprint density at radius 3 is 2.55 bits per heavy atom. The maximum Gasteiger partial charge on any atom is 0.229 e. The van der Waals surface area contributed by atoms with Crippen molar-refractivity contribution in [3.8, 4) is 0 Å². The zero-order valence-corrected chi connectivity index (χ0v) is 12.8. The number of rotatable bonds is 7. The number of aliphatic hydroxyl groups is 1. The van der Waals surface area contributed by atoms with Gasteiger partial charge in [-0.15, -0.1) is 0 Å². The Labute approximate surface area is 120 Å². The molecule has 1 aliphatic carbocycles. The van der Waals surface area contributed by atoms with Crippen LogP contribution in [-0.4, -0.2) is 28.5 Å². The minimum Gasteiger partial charge on any atom is -0.392 e. The van der Waals surface area contributed by atoms with E-state index in [4.69, 9.17) is 9.26 Å². The highest BCUT2D eigenvalue weighted by Gasteiger charge is 2.34. The van der Waals surface area contributed by atoms with Crippen molar-refractivity contribution < 1.29 is 14.4 Å². The normalized spacial score (nSPS) is 18.6. The van der Waals surface area contributed by atoms with Crippen LogP contribution in [0.25, 0.3) is 0 Å². The van der Waals surface area contributed by atoms with E-state index in [-0.39, 0.29) is 6.10 Å². The van der Waals surface area contributed by atoms with Crippen LogP contribution in [-0.2, 0) is 16.8 Å². The molecule has 114 valence electrons. The van der Waals surface area contributed by atoms with Crippen molar-refractivity contribution in [1.82, 2.24) is 10.1 Å². The summed E-state index contributed by atoms with van der Waals surface area (Å²) in [6.07, 6.45) is 6.32. The van der Waals surface area contributed by atoms with E-state index in [2.05, 4.69) is 24.0 Å². The van der Waals surface area contributed by atoms with Gasteiger partial charge in [0.1, 0.15) is 5.60 Å². The van der Waals surface area contributed by atoms with E-state index in [0.29, 0.717) is 24.1 Å². The molecule has 1 aromatic rings. The maximum absolute atomic E-state index is 10.2. The lowest BCUT2D eigenvalue weighted by molar-refractivity contribution is -0.0306. The van der Waals surface area contributed by atoms with Crippen LogP contribution < -0.4 is 0 Å². The smallest absolute Gasteiger partial charge is 0.229 e. The maximum atomic E-state index is 10.2. The number of hydrogen-bond donors (Lipinski definition) is 1. The van der Waals surface area contributed by atoms with Gasteiger partial charge in [-0.2, -0.15) is 4.98 Å². The molecular formula is C15H26N2O3. The van der Waals surface area contributed by atoms with E-state index in [1.165, 1.54) is 12.8 Å². The number of aromatic nitrogens is 2. The van der Waals surface area contributed by atoms with Gasteiger partial charge in [0.25, 0.3) is 0 Å². The average molecular weight is 282 g/mol. The molecule has 0 spiro atoms. The first-order chi connectivity index (χ1) is 9.65. The van der Waals surface area contributed by atoms with Crippen molar-refractivity contribution in [2.24, 2.45) is 5.92 Å². The van der Waals surface area contributed by atoms with Gasteiger partial charge in [-0.25, -0.2) is 0 Å². The highest BCUT2D eigenvalue weighted by molar-refractivity contribution is 5.01. The van der Waals surface area contributed by atoms with Gasteiger partial charge < -0.3 is 14.4 Å². The number of ether oxygens (including phenoxy) is 1. The fraction of sp³-hybridized carbons (Fsp3) is 0.867. The second-order valence-corrected chi connectivity index (χ2v) is 5.73. The van der Waals surface area contributed by atoms with Crippen molar-refractivity contribution in [3.05, 3.63) is 11.7 Å². The molecule has 1 aromatic heterocycles. The third kappa shape index (κ3) is 3.04. The second kappa shape index (κ2) is 6.68. The van der Waals surface area contributed by atoms with Crippen LogP contribution in [0.2, 0.25) is 0 Å². The molecule has 1 saturated carbocycles. The number of hydrogen-bond acceptors (Lipinski definition) is 5. The van der Waals surface area contributed by atoms with E-state index in [1.807, 2.05) is 0 Å². The van der Waals surface area contributed by atoms with E-state index >= 15 is 0 Å². The van der Waals surface area contributed by atoms with Gasteiger partial charge in [0.2, 0.25) is 11.7 Å². The van der Waals surface area contributed by atoms with E-state index in [1.54, 1.807) is 7.11 Å². The molecule has 0 radical (unpaired) electrons. The highest BCUT2D eigenvalue weighted by atomic mass is 16.5. The Bertz CT molecular complexity index is 401. The number of nitrogens with zero attached hydrogens (tertiary/aromatic N) is 2. The van der Waals surface area contributed by atoms with Crippen LogP contribution >= 0.6 is 0 Å². The number of aliphatic hydroxyl groups excluding tert-OH is 1.